The van der Waals surface area contributed by atoms with E-state index in [0.717, 1.165) is 5.56 Å². The Bertz CT molecular complexity index is 1070. The number of ether oxygens (including phenoxy) is 1. The van der Waals surface area contributed by atoms with Crippen molar-refractivity contribution in [3.05, 3.63) is 64.8 Å². The van der Waals surface area contributed by atoms with E-state index in [1.54, 1.807) is 55.8 Å². The molecule has 0 fully saturated rings. The van der Waals surface area contributed by atoms with E-state index in [1.165, 1.54) is 11.4 Å². The summed E-state index contributed by atoms with van der Waals surface area (Å²) in [7, 11) is -0.642. The molecule has 1 heterocycles. The summed E-state index contributed by atoms with van der Waals surface area (Å²) in [5, 5.41) is 1.13. The number of aryl methyl sites for hydroxylation is 1. The van der Waals surface area contributed by atoms with Crippen LogP contribution in [0, 0.1) is 6.92 Å². The average molecular weight is 391 g/mol. The van der Waals surface area contributed by atoms with Crippen LogP contribution in [0.5, 0.6) is 5.75 Å². The number of sulfonamides is 1. The zero-order valence-electron chi connectivity index (χ0n) is 14.7. The molecule has 0 spiro atoms. The van der Waals surface area contributed by atoms with Crippen molar-refractivity contribution in [2.75, 3.05) is 14.2 Å². The van der Waals surface area contributed by atoms with Crippen molar-refractivity contribution in [1.29, 1.82) is 0 Å². The number of benzene rings is 2. The lowest BCUT2D eigenvalue weighted by molar-refractivity contribution is 0.398. The van der Waals surface area contributed by atoms with Crippen molar-refractivity contribution in [3.63, 3.8) is 0 Å². The maximum absolute atomic E-state index is 13.2. The van der Waals surface area contributed by atoms with Gasteiger partial charge in [0, 0.05) is 35.8 Å². The second kappa shape index (κ2) is 7.23. The zero-order chi connectivity index (χ0) is 18.9. The fourth-order valence-corrected chi connectivity index (χ4v) is 4.40. The zero-order valence-corrected chi connectivity index (χ0v) is 16.3. The molecule has 0 amide bonds. The Kier molecular flexibility index (Phi) is 5.18. The smallest absolute Gasteiger partial charge is 0.243 e. The number of pyridine rings is 1. The number of hydrogen-bond acceptors (Lipinski definition) is 4. The Labute approximate surface area is 158 Å². The topological polar surface area (TPSA) is 59.5 Å². The number of halogens is 1. The Balaban J connectivity index is 2.04. The Morgan fingerprint density at radius 2 is 1.96 bits per heavy atom. The maximum Gasteiger partial charge on any atom is 0.243 e. The van der Waals surface area contributed by atoms with Crippen LogP contribution in [0.15, 0.2) is 53.6 Å². The van der Waals surface area contributed by atoms with Gasteiger partial charge in [-0.25, -0.2) is 8.42 Å². The monoisotopic (exact) mass is 390 g/mol. The van der Waals surface area contributed by atoms with E-state index in [-0.39, 0.29) is 11.4 Å². The minimum absolute atomic E-state index is 0.141. The van der Waals surface area contributed by atoms with Gasteiger partial charge in [0.15, 0.2) is 0 Å². The van der Waals surface area contributed by atoms with Crippen LogP contribution in [0.1, 0.15) is 11.1 Å². The molecule has 0 radical (unpaired) electrons. The van der Waals surface area contributed by atoms with Crippen LogP contribution in [0.3, 0.4) is 0 Å². The molecule has 3 aromatic rings. The molecular weight excluding hydrogens is 372 g/mol. The minimum Gasteiger partial charge on any atom is -0.496 e. The number of fused-ring (bicyclic) bond motifs is 1. The summed E-state index contributed by atoms with van der Waals surface area (Å²) in [4.78, 5) is 4.55. The summed E-state index contributed by atoms with van der Waals surface area (Å²) in [6, 6.07) is 12.1. The highest BCUT2D eigenvalue weighted by Crippen LogP contribution is 2.29. The van der Waals surface area contributed by atoms with Gasteiger partial charge in [-0.3, -0.25) is 4.98 Å². The quantitative estimate of drug-likeness (QED) is 0.660. The first kappa shape index (κ1) is 18.6. The highest BCUT2D eigenvalue weighted by molar-refractivity contribution is 7.89. The van der Waals surface area contributed by atoms with Crippen molar-refractivity contribution in [3.8, 4) is 5.75 Å². The summed E-state index contributed by atoms with van der Waals surface area (Å²) in [5.74, 6) is 0.590. The molecule has 136 valence electrons. The predicted octanol–water partition coefficient (Wildman–Crippen LogP) is 4.03. The molecule has 1 aromatic heterocycles. The third kappa shape index (κ3) is 3.40. The lowest BCUT2D eigenvalue weighted by Gasteiger charge is -2.20. The van der Waals surface area contributed by atoms with Gasteiger partial charge in [0.05, 0.1) is 17.5 Å². The largest absolute Gasteiger partial charge is 0.496 e. The molecule has 0 atom stereocenters. The standard InChI is InChI=1S/C19H19ClN2O3S/c1-13-6-9-18(16-5-4-10-21-19(13)16)26(23,24)22(2)12-14-11-15(20)7-8-17(14)25-3/h4-11H,12H2,1-3H3. The van der Waals surface area contributed by atoms with Gasteiger partial charge in [0.1, 0.15) is 5.75 Å². The molecule has 3 rings (SSSR count). The highest BCUT2D eigenvalue weighted by atomic mass is 35.5. The number of hydrogen-bond donors (Lipinski definition) is 0. The summed E-state index contributed by atoms with van der Waals surface area (Å²) < 4.78 is 32.9. The van der Waals surface area contributed by atoms with E-state index in [2.05, 4.69) is 4.98 Å². The van der Waals surface area contributed by atoms with Crippen LogP contribution in [0.25, 0.3) is 10.9 Å². The minimum atomic E-state index is -3.72. The highest BCUT2D eigenvalue weighted by Gasteiger charge is 2.25. The van der Waals surface area contributed by atoms with Crippen LogP contribution < -0.4 is 4.74 Å². The number of rotatable bonds is 5. The molecular formula is C19H19ClN2O3S. The molecule has 2 aromatic carbocycles. The van der Waals surface area contributed by atoms with E-state index < -0.39 is 10.0 Å². The van der Waals surface area contributed by atoms with E-state index in [4.69, 9.17) is 16.3 Å². The fraction of sp³-hybridized carbons (Fsp3) is 0.211. The molecule has 26 heavy (non-hydrogen) atoms. The van der Waals surface area contributed by atoms with Gasteiger partial charge in [-0.05, 0) is 48.9 Å². The van der Waals surface area contributed by atoms with Crippen LogP contribution >= 0.6 is 11.6 Å². The first-order valence-electron chi connectivity index (χ1n) is 7.97. The van der Waals surface area contributed by atoms with E-state index >= 15 is 0 Å². The Morgan fingerprint density at radius 1 is 1.19 bits per heavy atom. The van der Waals surface area contributed by atoms with Crippen LogP contribution in [-0.4, -0.2) is 31.9 Å². The van der Waals surface area contributed by atoms with Crippen molar-refractivity contribution in [2.45, 2.75) is 18.4 Å². The molecule has 0 unspecified atom stereocenters. The number of aromatic nitrogens is 1. The van der Waals surface area contributed by atoms with Crippen molar-refractivity contribution >= 4 is 32.5 Å². The molecule has 7 heteroatoms. The maximum atomic E-state index is 13.2. The lowest BCUT2D eigenvalue weighted by atomic mass is 10.1. The van der Waals surface area contributed by atoms with Gasteiger partial charge >= 0.3 is 0 Å². The van der Waals surface area contributed by atoms with Gasteiger partial charge in [-0.2, -0.15) is 4.31 Å². The predicted molar refractivity (Wildman–Crippen MR) is 103 cm³/mol. The van der Waals surface area contributed by atoms with E-state index in [9.17, 15) is 8.42 Å². The molecule has 0 aliphatic heterocycles. The second-order valence-electron chi connectivity index (χ2n) is 6.00. The summed E-state index contributed by atoms with van der Waals surface area (Å²) in [6.45, 7) is 2.05. The molecule has 0 saturated carbocycles. The van der Waals surface area contributed by atoms with E-state index in [1.807, 2.05) is 6.92 Å². The Hall–Kier alpha value is -2.15. The average Bonchev–Trinajstić information content (AvgIpc) is 2.62. The molecule has 0 aliphatic rings. The van der Waals surface area contributed by atoms with Crippen molar-refractivity contribution in [2.24, 2.45) is 0 Å². The lowest BCUT2D eigenvalue weighted by Crippen LogP contribution is -2.27. The second-order valence-corrected chi connectivity index (χ2v) is 8.45. The van der Waals surface area contributed by atoms with Crippen molar-refractivity contribution < 1.29 is 13.2 Å². The summed E-state index contributed by atoms with van der Waals surface area (Å²) in [5.41, 5.74) is 2.31. The molecule has 0 saturated heterocycles. The third-order valence-electron chi connectivity index (χ3n) is 4.26. The van der Waals surface area contributed by atoms with Crippen molar-refractivity contribution in [1.82, 2.24) is 9.29 Å². The van der Waals surface area contributed by atoms with Crippen LogP contribution in [0.2, 0.25) is 5.02 Å². The molecule has 0 aliphatic carbocycles. The first-order chi connectivity index (χ1) is 12.3. The molecule has 0 bridgehead atoms. The SMILES string of the molecule is COc1ccc(Cl)cc1CN(C)S(=O)(=O)c1ccc(C)c2ncccc12. The van der Waals surface area contributed by atoms with E-state index in [0.29, 0.717) is 27.2 Å². The normalized spacial score (nSPS) is 11.9. The Morgan fingerprint density at radius 3 is 2.69 bits per heavy atom. The third-order valence-corrected chi connectivity index (χ3v) is 6.35. The molecule has 5 nitrogen and oxygen atoms in total. The van der Waals surface area contributed by atoms with Crippen LogP contribution in [-0.2, 0) is 16.6 Å². The van der Waals surface area contributed by atoms with Gasteiger partial charge in [-0.1, -0.05) is 17.7 Å². The fourth-order valence-electron chi connectivity index (χ4n) is 2.88. The van der Waals surface area contributed by atoms with Gasteiger partial charge < -0.3 is 4.74 Å². The number of nitrogens with zero attached hydrogens (tertiary/aromatic N) is 2. The van der Waals surface area contributed by atoms with Gasteiger partial charge in [-0.15, -0.1) is 0 Å². The van der Waals surface area contributed by atoms with Gasteiger partial charge in [0.2, 0.25) is 10.0 Å². The van der Waals surface area contributed by atoms with Gasteiger partial charge in [0.25, 0.3) is 0 Å². The number of methoxy groups -OCH3 is 1. The summed E-state index contributed by atoms with van der Waals surface area (Å²) >= 11 is 6.05. The summed E-state index contributed by atoms with van der Waals surface area (Å²) in [6.07, 6.45) is 1.66. The first-order valence-corrected chi connectivity index (χ1v) is 9.79. The molecule has 0 N–H and O–H groups in total. The van der Waals surface area contributed by atoms with Crippen LogP contribution in [0.4, 0.5) is 0 Å².